The number of nitrogens with zero attached hydrogens (tertiary/aromatic N) is 2. The third-order valence-corrected chi connectivity index (χ3v) is 3.00. The number of benzene rings is 1. The van der Waals surface area contributed by atoms with E-state index in [9.17, 15) is 0 Å². The van der Waals surface area contributed by atoms with E-state index in [1.54, 1.807) is 12.4 Å². The monoisotopic (exact) mass is 261 g/mol. The minimum absolute atomic E-state index is 0.589. The van der Waals surface area contributed by atoms with E-state index < -0.39 is 0 Å². The topological polar surface area (TPSA) is 42.1 Å². The maximum atomic E-state index is 6.18. The molecule has 0 saturated heterocycles. The fourth-order valence-electron chi connectivity index (χ4n) is 1.87. The van der Waals surface area contributed by atoms with Gasteiger partial charge in [-0.3, -0.25) is 4.98 Å². The summed E-state index contributed by atoms with van der Waals surface area (Å²) in [5, 5.41) is 0.655. The lowest BCUT2D eigenvalue weighted by atomic mass is 10.2. The molecule has 4 heteroatoms. The smallest absolute Gasteiger partial charge is 0.0822 e. The van der Waals surface area contributed by atoms with Crippen molar-refractivity contribution in [3.8, 4) is 0 Å². The lowest BCUT2D eigenvalue weighted by Gasteiger charge is -2.25. The van der Waals surface area contributed by atoms with Crippen LogP contribution in [0.1, 0.15) is 5.56 Å². The van der Waals surface area contributed by atoms with Crippen molar-refractivity contribution in [3.63, 3.8) is 0 Å². The SMILES string of the molecule is NCCN(Cc1ccccc1)c1ccncc1Cl. The van der Waals surface area contributed by atoms with Crippen molar-refractivity contribution in [2.75, 3.05) is 18.0 Å². The summed E-state index contributed by atoms with van der Waals surface area (Å²) in [6, 6.07) is 12.2. The van der Waals surface area contributed by atoms with Crippen LogP contribution >= 0.6 is 11.6 Å². The molecule has 18 heavy (non-hydrogen) atoms. The molecule has 0 bridgehead atoms. The molecule has 1 aromatic carbocycles. The molecule has 0 fully saturated rings. The highest BCUT2D eigenvalue weighted by molar-refractivity contribution is 6.33. The summed E-state index contributed by atoms with van der Waals surface area (Å²) in [5.41, 5.74) is 7.88. The van der Waals surface area contributed by atoms with E-state index in [1.165, 1.54) is 5.56 Å². The summed E-state index contributed by atoms with van der Waals surface area (Å²) in [5.74, 6) is 0. The number of halogens is 1. The number of hydrogen-bond acceptors (Lipinski definition) is 3. The molecule has 0 amide bonds. The number of nitrogens with two attached hydrogens (primary N) is 1. The number of aromatic nitrogens is 1. The molecule has 0 spiro atoms. The van der Waals surface area contributed by atoms with Crippen molar-refractivity contribution in [1.82, 2.24) is 4.98 Å². The van der Waals surface area contributed by atoms with Gasteiger partial charge in [0.1, 0.15) is 0 Å². The summed E-state index contributed by atoms with van der Waals surface area (Å²) in [6.45, 7) is 2.14. The van der Waals surface area contributed by atoms with Crippen LogP contribution in [0, 0.1) is 0 Å². The first-order chi connectivity index (χ1) is 8.81. The highest BCUT2D eigenvalue weighted by Crippen LogP contribution is 2.25. The first-order valence-corrected chi connectivity index (χ1v) is 6.27. The Balaban J connectivity index is 2.21. The largest absolute Gasteiger partial charge is 0.365 e. The van der Waals surface area contributed by atoms with Crippen LogP contribution in [0.5, 0.6) is 0 Å². The molecule has 0 radical (unpaired) electrons. The van der Waals surface area contributed by atoms with Crippen molar-refractivity contribution in [2.24, 2.45) is 5.73 Å². The zero-order valence-electron chi connectivity index (χ0n) is 10.1. The Morgan fingerprint density at radius 1 is 1.17 bits per heavy atom. The molecule has 0 aliphatic carbocycles. The molecule has 0 saturated carbocycles. The summed E-state index contributed by atoms with van der Waals surface area (Å²) in [6.07, 6.45) is 3.40. The van der Waals surface area contributed by atoms with Crippen LogP contribution in [0.2, 0.25) is 5.02 Å². The van der Waals surface area contributed by atoms with E-state index in [-0.39, 0.29) is 0 Å². The zero-order valence-corrected chi connectivity index (χ0v) is 10.8. The van der Waals surface area contributed by atoms with Crippen LogP contribution in [0.25, 0.3) is 0 Å². The average Bonchev–Trinajstić information content (AvgIpc) is 2.40. The second-order valence-electron chi connectivity index (χ2n) is 4.02. The molecule has 2 N–H and O–H groups in total. The molecule has 1 aromatic heterocycles. The molecule has 0 unspecified atom stereocenters. The van der Waals surface area contributed by atoms with Gasteiger partial charge in [0.15, 0.2) is 0 Å². The zero-order chi connectivity index (χ0) is 12.8. The van der Waals surface area contributed by atoms with Crippen LogP contribution in [0.15, 0.2) is 48.8 Å². The third kappa shape index (κ3) is 3.22. The Bertz CT molecular complexity index is 487. The minimum Gasteiger partial charge on any atom is -0.365 e. The van der Waals surface area contributed by atoms with E-state index in [4.69, 9.17) is 17.3 Å². The van der Waals surface area contributed by atoms with Gasteiger partial charge in [0.2, 0.25) is 0 Å². The number of pyridine rings is 1. The maximum Gasteiger partial charge on any atom is 0.0822 e. The minimum atomic E-state index is 0.589. The first kappa shape index (κ1) is 12.9. The van der Waals surface area contributed by atoms with E-state index in [0.29, 0.717) is 11.6 Å². The van der Waals surface area contributed by atoms with Gasteiger partial charge in [0.25, 0.3) is 0 Å². The normalized spacial score (nSPS) is 10.3. The van der Waals surface area contributed by atoms with Crippen LogP contribution in [0.4, 0.5) is 5.69 Å². The second kappa shape index (κ2) is 6.38. The van der Waals surface area contributed by atoms with Crippen LogP contribution in [0.3, 0.4) is 0 Å². The number of anilines is 1. The lowest BCUT2D eigenvalue weighted by Crippen LogP contribution is -2.29. The third-order valence-electron chi connectivity index (χ3n) is 2.71. The van der Waals surface area contributed by atoms with E-state index in [1.807, 2.05) is 24.3 Å². The van der Waals surface area contributed by atoms with Crippen LogP contribution < -0.4 is 10.6 Å². The molecule has 0 atom stereocenters. The van der Waals surface area contributed by atoms with Crippen molar-refractivity contribution in [1.29, 1.82) is 0 Å². The van der Waals surface area contributed by atoms with Gasteiger partial charge in [0.05, 0.1) is 10.7 Å². The van der Waals surface area contributed by atoms with Gasteiger partial charge in [0, 0.05) is 32.0 Å². The predicted octanol–water partition coefficient (Wildman–Crippen LogP) is 2.70. The van der Waals surface area contributed by atoms with Gasteiger partial charge < -0.3 is 10.6 Å². The van der Waals surface area contributed by atoms with Crippen molar-refractivity contribution in [3.05, 3.63) is 59.4 Å². The summed E-state index contributed by atoms with van der Waals surface area (Å²) in [4.78, 5) is 6.17. The Morgan fingerprint density at radius 2 is 1.94 bits per heavy atom. The Hall–Kier alpha value is -1.58. The molecule has 0 aliphatic heterocycles. The van der Waals surface area contributed by atoms with Gasteiger partial charge in [-0.1, -0.05) is 41.9 Å². The molecule has 3 nitrogen and oxygen atoms in total. The molecule has 0 aliphatic rings. The summed E-state index contributed by atoms with van der Waals surface area (Å²) >= 11 is 6.18. The second-order valence-corrected chi connectivity index (χ2v) is 4.43. The summed E-state index contributed by atoms with van der Waals surface area (Å²) < 4.78 is 0. The van der Waals surface area contributed by atoms with Crippen molar-refractivity contribution < 1.29 is 0 Å². The van der Waals surface area contributed by atoms with Crippen molar-refractivity contribution >= 4 is 17.3 Å². The van der Waals surface area contributed by atoms with Gasteiger partial charge in [-0.15, -0.1) is 0 Å². The van der Waals surface area contributed by atoms with Crippen LogP contribution in [-0.4, -0.2) is 18.1 Å². The van der Waals surface area contributed by atoms with Gasteiger partial charge in [-0.25, -0.2) is 0 Å². The Kier molecular flexibility index (Phi) is 4.56. The predicted molar refractivity (Wildman–Crippen MR) is 75.8 cm³/mol. The fraction of sp³-hybridized carbons (Fsp3) is 0.214. The van der Waals surface area contributed by atoms with Crippen molar-refractivity contribution in [2.45, 2.75) is 6.54 Å². The Morgan fingerprint density at radius 3 is 2.61 bits per heavy atom. The standard InChI is InChI=1S/C14H16ClN3/c15-13-10-17-8-6-14(13)18(9-7-16)11-12-4-2-1-3-5-12/h1-6,8,10H,7,9,11,16H2. The molecule has 2 aromatic rings. The maximum absolute atomic E-state index is 6.18. The molecule has 94 valence electrons. The highest BCUT2D eigenvalue weighted by Gasteiger charge is 2.09. The average molecular weight is 262 g/mol. The molecular formula is C14H16ClN3. The van der Waals surface area contributed by atoms with Gasteiger partial charge in [-0.05, 0) is 11.6 Å². The molecule has 2 rings (SSSR count). The highest BCUT2D eigenvalue weighted by atomic mass is 35.5. The lowest BCUT2D eigenvalue weighted by molar-refractivity contribution is 0.789. The quantitative estimate of drug-likeness (QED) is 0.900. The van der Waals surface area contributed by atoms with E-state index >= 15 is 0 Å². The van der Waals surface area contributed by atoms with Gasteiger partial charge >= 0.3 is 0 Å². The summed E-state index contributed by atoms with van der Waals surface area (Å²) in [7, 11) is 0. The number of rotatable bonds is 5. The van der Waals surface area contributed by atoms with E-state index in [2.05, 4.69) is 22.0 Å². The van der Waals surface area contributed by atoms with Crippen LogP contribution in [-0.2, 0) is 6.54 Å². The molecular weight excluding hydrogens is 246 g/mol. The Labute approximate surface area is 112 Å². The van der Waals surface area contributed by atoms with E-state index in [0.717, 1.165) is 18.8 Å². The van der Waals surface area contributed by atoms with Gasteiger partial charge in [-0.2, -0.15) is 0 Å². The first-order valence-electron chi connectivity index (χ1n) is 5.89. The molecule has 1 heterocycles. The number of hydrogen-bond donors (Lipinski definition) is 1. The fourth-order valence-corrected chi connectivity index (χ4v) is 2.11.